The molecule has 0 spiro atoms. The molecule has 2 heteroatoms. The maximum atomic E-state index is 10.6. The van der Waals surface area contributed by atoms with Crippen molar-refractivity contribution in [2.24, 2.45) is 5.41 Å². The first-order valence-electron chi connectivity index (χ1n) is 8.70. The fourth-order valence-corrected chi connectivity index (χ4v) is 2.49. The Labute approximate surface area is 137 Å². The van der Waals surface area contributed by atoms with Crippen LogP contribution in [-0.4, -0.2) is 11.1 Å². The molecule has 0 radical (unpaired) electrons. The van der Waals surface area contributed by atoms with Crippen molar-refractivity contribution in [2.45, 2.75) is 53.8 Å². The van der Waals surface area contributed by atoms with Crippen molar-refractivity contribution in [3.63, 3.8) is 0 Å². The number of aliphatic carboxylic acids is 1. The Balaban J connectivity index is 2.93. The summed E-state index contributed by atoms with van der Waals surface area (Å²) in [4.78, 5) is 10.6. The van der Waals surface area contributed by atoms with Crippen LogP contribution in [0.4, 0.5) is 0 Å². The summed E-state index contributed by atoms with van der Waals surface area (Å²) in [6.45, 7) is 9.94. The second kappa shape index (κ2) is 7.98. The van der Waals surface area contributed by atoms with Crippen LogP contribution in [-0.2, 0) is 4.79 Å². The van der Waals surface area contributed by atoms with Gasteiger partial charge >= 0.3 is 5.97 Å². The number of allylic oxidation sites excluding steroid dienone is 9. The van der Waals surface area contributed by atoms with Gasteiger partial charge in [0.25, 0.3) is 0 Å². The number of carboxylic acids is 1. The highest BCUT2D eigenvalue weighted by atomic mass is 16.4. The summed E-state index contributed by atoms with van der Waals surface area (Å²) >= 11 is 0. The minimum atomic E-state index is -0.947. The maximum Gasteiger partial charge on any atom is 0.328 e. The van der Waals surface area contributed by atoms with Gasteiger partial charge in [-0.3, -0.25) is 0 Å². The first-order valence-corrected chi connectivity index (χ1v) is 7.54. The topological polar surface area (TPSA) is 37.3 Å². The lowest BCUT2D eigenvalue weighted by Gasteiger charge is -2.32. The van der Waals surface area contributed by atoms with Gasteiger partial charge in [-0.1, -0.05) is 55.4 Å². The van der Waals surface area contributed by atoms with Crippen LogP contribution in [0, 0.1) is 5.41 Å². The second-order valence-corrected chi connectivity index (χ2v) is 6.42. The van der Waals surface area contributed by atoms with E-state index >= 15 is 0 Å². The summed E-state index contributed by atoms with van der Waals surface area (Å²) in [7, 11) is 0. The number of hydrogen-bond donors (Lipinski definition) is 1. The van der Waals surface area contributed by atoms with Gasteiger partial charge in [-0.2, -0.15) is 0 Å². The van der Waals surface area contributed by atoms with E-state index in [9.17, 15) is 4.79 Å². The summed E-state index contributed by atoms with van der Waals surface area (Å²) in [6, 6.07) is 0. The van der Waals surface area contributed by atoms with Crippen molar-refractivity contribution in [1.29, 1.82) is 0 Å². The Kier molecular flexibility index (Phi) is 5.47. The molecule has 1 aliphatic carbocycles. The number of hydrogen-bond acceptors (Lipinski definition) is 1. The zero-order valence-corrected chi connectivity index (χ0v) is 14.2. The predicted octanol–water partition coefficient (Wildman–Crippen LogP) is 5.60. The standard InChI is InChI=1S/C20H28O2/c1-15(8-6-9-16(2)14-19(21)22)11-12-18-17(3)10-7-13-20(18,4)5/h6,8-9,11-12,14H,7,10,13H2,1-5H3,(H,21,22)/b9-6+,12-11+,15-8-,16-14+/i7T,10T. The quantitative estimate of drug-likeness (QED) is 0.530. The highest BCUT2D eigenvalue weighted by Crippen LogP contribution is 2.40. The normalized spacial score (nSPS) is 28.2. The molecule has 0 saturated heterocycles. The molecule has 0 aromatic carbocycles. The molecule has 0 amide bonds. The van der Waals surface area contributed by atoms with Crippen LogP contribution in [0.15, 0.2) is 58.7 Å². The fraction of sp³-hybridized carbons (Fsp3) is 0.450. The molecule has 0 aromatic heterocycles. The maximum absolute atomic E-state index is 10.6. The third kappa shape index (κ3) is 5.88. The summed E-state index contributed by atoms with van der Waals surface area (Å²) in [6.07, 6.45) is 10.6. The lowest BCUT2D eigenvalue weighted by atomic mass is 9.72. The molecular weight excluding hydrogens is 272 g/mol. The van der Waals surface area contributed by atoms with Gasteiger partial charge in [0.1, 0.15) is 0 Å². The van der Waals surface area contributed by atoms with E-state index in [1.54, 1.807) is 13.0 Å². The van der Waals surface area contributed by atoms with E-state index in [0.717, 1.165) is 16.7 Å². The largest absolute Gasteiger partial charge is 0.478 e. The lowest BCUT2D eigenvalue weighted by Crippen LogP contribution is -2.19. The van der Waals surface area contributed by atoms with E-state index in [1.165, 1.54) is 6.08 Å². The van der Waals surface area contributed by atoms with E-state index < -0.39 is 12.4 Å². The van der Waals surface area contributed by atoms with E-state index in [0.29, 0.717) is 12.0 Å². The minimum Gasteiger partial charge on any atom is -0.478 e. The van der Waals surface area contributed by atoms with Gasteiger partial charge in [0.15, 0.2) is 0 Å². The molecule has 0 aromatic rings. The molecule has 22 heavy (non-hydrogen) atoms. The Morgan fingerprint density at radius 3 is 2.59 bits per heavy atom. The van der Waals surface area contributed by atoms with Crippen LogP contribution in [0.25, 0.3) is 0 Å². The average molecular weight is 304 g/mol. The SMILES string of the molecule is [3H]C1CC(C)(C)C(/C=C/C(C)=C\C=C\C(C)=C\C(=O)O)=C(C)C1[3H]. The monoisotopic (exact) mass is 304 g/mol. The van der Waals surface area contributed by atoms with Crippen molar-refractivity contribution in [2.75, 3.05) is 0 Å². The molecule has 1 aliphatic rings. The molecule has 0 fully saturated rings. The molecule has 0 aliphatic heterocycles. The van der Waals surface area contributed by atoms with Gasteiger partial charge in [0, 0.05) is 8.82 Å². The van der Waals surface area contributed by atoms with Crippen LogP contribution >= 0.6 is 0 Å². The van der Waals surface area contributed by atoms with Crippen LogP contribution in [0.2, 0.25) is 0 Å². The van der Waals surface area contributed by atoms with Crippen LogP contribution in [0.5, 0.6) is 0 Å². The van der Waals surface area contributed by atoms with Gasteiger partial charge in [0.2, 0.25) is 0 Å². The molecule has 120 valence electrons. The Morgan fingerprint density at radius 2 is 1.95 bits per heavy atom. The van der Waals surface area contributed by atoms with Crippen LogP contribution in [0.3, 0.4) is 0 Å². The van der Waals surface area contributed by atoms with E-state index in [-0.39, 0.29) is 11.8 Å². The molecule has 2 atom stereocenters. The van der Waals surface area contributed by atoms with E-state index in [1.807, 2.05) is 32.1 Å². The highest BCUT2D eigenvalue weighted by molar-refractivity contribution is 5.81. The van der Waals surface area contributed by atoms with Crippen molar-refractivity contribution in [3.8, 4) is 0 Å². The molecule has 1 N–H and O–H groups in total. The molecule has 0 heterocycles. The Hall–Kier alpha value is -1.83. The summed E-state index contributed by atoms with van der Waals surface area (Å²) in [5.41, 5.74) is 3.75. The highest BCUT2D eigenvalue weighted by Gasteiger charge is 2.26. The van der Waals surface area contributed by atoms with E-state index in [2.05, 4.69) is 19.9 Å². The Morgan fingerprint density at radius 1 is 1.27 bits per heavy atom. The lowest BCUT2D eigenvalue weighted by molar-refractivity contribution is -0.131. The van der Waals surface area contributed by atoms with Crippen molar-refractivity contribution in [3.05, 3.63) is 58.7 Å². The van der Waals surface area contributed by atoms with Crippen molar-refractivity contribution >= 4 is 5.97 Å². The predicted molar refractivity (Wildman–Crippen MR) is 93.8 cm³/mol. The fourth-order valence-electron chi connectivity index (χ4n) is 2.49. The van der Waals surface area contributed by atoms with Crippen molar-refractivity contribution < 1.29 is 12.6 Å². The first-order chi connectivity index (χ1) is 11.0. The van der Waals surface area contributed by atoms with Gasteiger partial charge in [-0.15, -0.1) is 0 Å². The third-order valence-electron chi connectivity index (χ3n) is 3.73. The molecule has 0 bridgehead atoms. The van der Waals surface area contributed by atoms with Gasteiger partial charge in [0.05, 0.1) is 0 Å². The summed E-state index contributed by atoms with van der Waals surface area (Å²) in [5.74, 6) is -0.947. The second-order valence-electron chi connectivity index (χ2n) is 6.42. The molecule has 2 nitrogen and oxygen atoms in total. The summed E-state index contributed by atoms with van der Waals surface area (Å²) < 4.78 is 16.2. The molecule has 0 saturated carbocycles. The zero-order chi connectivity index (χ0) is 18.5. The van der Waals surface area contributed by atoms with Gasteiger partial charge < -0.3 is 5.11 Å². The average Bonchev–Trinajstić information content (AvgIpc) is 2.43. The zero-order valence-electron chi connectivity index (χ0n) is 16.2. The van der Waals surface area contributed by atoms with Crippen molar-refractivity contribution in [1.82, 2.24) is 0 Å². The van der Waals surface area contributed by atoms with Gasteiger partial charge in [-0.25, -0.2) is 4.79 Å². The van der Waals surface area contributed by atoms with Crippen LogP contribution in [0.1, 0.15) is 56.6 Å². The third-order valence-corrected chi connectivity index (χ3v) is 3.73. The molecule has 1 rings (SSSR count). The first kappa shape index (κ1) is 15.1. The van der Waals surface area contributed by atoms with Gasteiger partial charge in [-0.05, 0) is 56.5 Å². The molecule has 2 unspecified atom stereocenters. The van der Waals surface area contributed by atoms with Crippen LogP contribution < -0.4 is 0 Å². The van der Waals surface area contributed by atoms with E-state index in [4.69, 9.17) is 7.85 Å². The summed E-state index contributed by atoms with van der Waals surface area (Å²) in [5, 5.41) is 8.66. The molecular formula is C20H28O2. The number of rotatable bonds is 5. The number of carboxylic acid groups (broad SMARTS) is 1. The number of carbonyl (C=O) groups is 1. The minimum absolute atomic E-state index is 0.0958. The Bertz CT molecular complexity index is 634. The smallest absolute Gasteiger partial charge is 0.328 e.